The van der Waals surface area contributed by atoms with E-state index in [9.17, 15) is 14.9 Å². The molecule has 2 rings (SSSR count). The van der Waals surface area contributed by atoms with E-state index in [4.69, 9.17) is 0 Å². The van der Waals surface area contributed by atoms with Gasteiger partial charge < -0.3 is 10.2 Å². The number of amides is 1. The van der Waals surface area contributed by atoms with Crippen molar-refractivity contribution in [3.63, 3.8) is 0 Å². The molecule has 1 saturated heterocycles. The molecule has 20 heavy (non-hydrogen) atoms. The predicted octanol–water partition coefficient (Wildman–Crippen LogP) is 1.76. The van der Waals surface area contributed by atoms with Crippen LogP contribution in [0.4, 0.5) is 5.69 Å². The zero-order chi connectivity index (χ0) is 14.0. The maximum atomic E-state index is 12.4. The minimum atomic E-state index is -0.478. The second-order valence-corrected chi connectivity index (χ2v) is 4.83. The maximum absolute atomic E-state index is 12.4. The predicted molar refractivity (Wildman–Crippen MR) is 78.4 cm³/mol. The highest BCUT2D eigenvalue weighted by atomic mass is 35.5. The number of hydrogen-bond acceptors (Lipinski definition) is 4. The molecule has 1 N–H and O–H groups in total. The van der Waals surface area contributed by atoms with Crippen LogP contribution in [0.15, 0.2) is 18.2 Å². The normalized spacial score (nSPS) is 18.3. The molecule has 1 heterocycles. The third kappa shape index (κ3) is 3.26. The molecule has 1 amide bonds. The highest BCUT2D eigenvalue weighted by molar-refractivity contribution is 5.98. The SMILES string of the molecule is Cc1cccc(C(=O)N2CCN[C@H](C)C2)c1[N+](=O)[O-].Cl. The second kappa shape index (κ2) is 6.67. The molecule has 0 radical (unpaired) electrons. The molecular formula is C13H18ClN3O3. The molecule has 1 atom stereocenters. The third-order valence-corrected chi connectivity index (χ3v) is 3.31. The highest BCUT2D eigenvalue weighted by Crippen LogP contribution is 2.24. The number of carbonyl (C=O) groups excluding carboxylic acids is 1. The van der Waals surface area contributed by atoms with E-state index in [2.05, 4.69) is 5.32 Å². The molecule has 1 aliphatic heterocycles. The molecule has 1 aromatic carbocycles. The number of carbonyl (C=O) groups is 1. The van der Waals surface area contributed by atoms with Gasteiger partial charge in [-0.15, -0.1) is 12.4 Å². The minimum Gasteiger partial charge on any atom is -0.336 e. The Labute approximate surface area is 123 Å². The minimum absolute atomic E-state index is 0. The van der Waals surface area contributed by atoms with E-state index in [-0.39, 0.29) is 35.6 Å². The fourth-order valence-corrected chi connectivity index (χ4v) is 2.36. The standard InChI is InChI=1S/C13H17N3O3.ClH/c1-9-4-3-5-11(12(9)16(18)19)13(17)15-7-6-14-10(2)8-15;/h3-5,10,14H,6-8H2,1-2H3;1H/t10-;/m1./s1. The molecule has 1 fully saturated rings. The van der Waals surface area contributed by atoms with E-state index in [1.165, 1.54) is 6.07 Å². The number of para-hydroxylation sites is 1. The molecule has 0 aromatic heterocycles. The van der Waals surface area contributed by atoms with Crippen LogP contribution in [0, 0.1) is 17.0 Å². The van der Waals surface area contributed by atoms with Crippen molar-refractivity contribution >= 4 is 24.0 Å². The van der Waals surface area contributed by atoms with E-state index in [0.717, 1.165) is 0 Å². The van der Waals surface area contributed by atoms with Crippen molar-refractivity contribution < 1.29 is 9.72 Å². The Morgan fingerprint density at radius 1 is 1.50 bits per heavy atom. The average Bonchev–Trinajstić information content (AvgIpc) is 2.37. The molecular weight excluding hydrogens is 282 g/mol. The van der Waals surface area contributed by atoms with E-state index < -0.39 is 4.92 Å². The first kappa shape index (κ1) is 16.4. The fourth-order valence-electron chi connectivity index (χ4n) is 2.36. The smallest absolute Gasteiger partial charge is 0.285 e. The van der Waals surface area contributed by atoms with Gasteiger partial charge in [0.05, 0.1) is 4.92 Å². The molecule has 0 aliphatic carbocycles. The average molecular weight is 300 g/mol. The number of nitrogens with zero attached hydrogens (tertiary/aromatic N) is 2. The van der Waals surface area contributed by atoms with E-state index in [0.29, 0.717) is 25.2 Å². The Bertz CT molecular complexity index is 522. The van der Waals surface area contributed by atoms with Crippen molar-refractivity contribution in [1.29, 1.82) is 0 Å². The van der Waals surface area contributed by atoms with Crippen molar-refractivity contribution in [2.24, 2.45) is 0 Å². The number of nitro groups is 1. The van der Waals surface area contributed by atoms with Crippen LogP contribution in [-0.4, -0.2) is 41.4 Å². The third-order valence-electron chi connectivity index (χ3n) is 3.31. The van der Waals surface area contributed by atoms with E-state index >= 15 is 0 Å². The summed E-state index contributed by atoms with van der Waals surface area (Å²) in [4.78, 5) is 24.7. The van der Waals surface area contributed by atoms with Crippen LogP contribution < -0.4 is 5.32 Å². The maximum Gasteiger partial charge on any atom is 0.285 e. The van der Waals surface area contributed by atoms with Gasteiger partial charge in [0, 0.05) is 31.2 Å². The number of halogens is 1. The topological polar surface area (TPSA) is 75.5 Å². The Kier molecular flexibility index (Phi) is 5.47. The first-order valence-corrected chi connectivity index (χ1v) is 6.27. The monoisotopic (exact) mass is 299 g/mol. The zero-order valence-corrected chi connectivity index (χ0v) is 12.3. The van der Waals surface area contributed by atoms with Gasteiger partial charge in [-0.05, 0) is 19.9 Å². The van der Waals surface area contributed by atoms with Gasteiger partial charge in [-0.2, -0.15) is 0 Å². The molecule has 1 aliphatic rings. The van der Waals surface area contributed by atoms with E-state index in [1.54, 1.807) is 24.0 Å². The van der Waals surface area contributed by atoms with Crippen molar-refractivity contribution in [3.05, 3.63) is 39.4 Å². The summed E-state index contributed by atoms with van der Waals surface area (Å²) in [5.74, 6) is -0.260. The summed E-state index contributed by atoms with van der Waals surface area (Å²) in [6.45, 7) is 5.50. The largest absolute Gasteiger partial charge is 0.336 e. The van der Waals surface area contributed by atoms with Gasteiger partial charge in [0.1, 0.15) is 5.56 Å². The molecule has 6 nitrogen and oxygen atoms in total. The molecule has 110 valence electrons. The Balaban J connectivity index is 0.00000200. The van der Waals surface area contributed by atoms with Crippen LogP contribution in [-0.2, 0) is 0 Å². The van der Waals surface area contributed by atoms with Crippen molar-refractivity contribution in [1.82, 2.24) is 10.2 Å². The molecule has 7 heteroatoms. The van der Waals surface area contributed by atoms with Crippen LogP contribution in [0.25, 0.3) is 0 Å². The molecule has 0 spiro atoms. The number of hydrogen-bond donors (Lipinski definition) is 1. The van der Waals surface area contributed by atoms with Gasteiger partial charge in [0.15, 0.2) is 0 Å². The van der Waals surface area contributed by atoms with Crippen molar-refractivity contribution in [3.8, 4) is 0 Å². The van der Waals surface area contributed by atoms with Gasteiger partial charge in [0.2, 0.25) is 0 Å². The summed E-state index contributed by atoms with van der Waals surface area (Å²) < 4.78 is 0. The summed E-state index contributed by atoms with van der Waals surface area (Å²) in [6, 6.07) is 5.07. The number of benzene rings is 1. The van der Waals surface area contributed by atoms with Gasteiger partial charge in [-0.3, -0.25) is 14.9 Å². The fraction of sp³-hybridized carbons (Fsp3) is 0.462. The second-order valence-electron chi connectivity index (χ2n) is 4.83. The van der Waals surface area contributed by atoms with Crippen LogP contribution in [0.5, 0.6) is 0 Å². The summed E-state index contributed by atoms with van der Waals surface area (Å²) in [5, 5.41) is 14.4. The molecule has 1 aromatic rings. The lowest BCUT2D eigenvalue weighted by Gasteiger charge is -2.31. The van der Waals surface area contributed by atoms with Crippen LogP contribution in [0.3, 0.4) is 0 Å². The first-order chi connectivity index (χ1) is 9.00. The number of rotatable bonds is 2. The Hall–Kier alpha value is -1.66. The van der Waals surface area contributed by atoms with Gasteiger partial charge in [-0.25, -0.2) is 0 Å². The Morgan fingerprint density at radius 2 is 2.20 bits per heavy atom. The summed E-state index contributed by atoms with van der Waals surface area (Å²) in [6.07, 6.45) is 0. The van der Waals surface area contributed by atoms with Crippen molar-refractivity contribution in [2.75, 3.05) is 19.6 Å². The number of piperazine rings is 1. The molecule has 0 unspecified atom stereocenters. The van der Waals surface area contributed by atoms with Crippen molar-refractivity contribution in [2.45, 2.75) is 19.9 Å². The summed E-state index contributed by atoms with van der Waals surface area (Å²) in [7, 11) is 0. The summed E-state index contributed by atoms with van der Waals surface area (Å²) in [5.41, 5.74) is 0.608. The van der Waals surface area contributed by atoms with Gasteiger partial charge >= 0.3 is 0 Å². The molecule has 0 bridgehead atoms. The summed E-state index contributed by atoms with van der Waals surface area (Å²) >= 11 is 0. The lowest BCUT2D eigenvalue weighted by atomic mass is 10.1. The van der Waals surface area contributed by atoms with Crippen LogP contribution >= 0.6 is 12.4 Å². The molecule has 0 saturated carbocycles. The van der Waals surface area contributed by atoms with Gasteiger partial charge in [-0.1, -0.05) is 12.1 Å². The lowest BCUT2D eigenvalue weighted by molar-refractivity contribution is -0.385. The number of aryl methyl sites for hydroxylation is 1. The first-order valence-electron chi connectivity index (χ1n) is 6.27. The van der Waals surface area contributed by atoms with Crippen LogP contribution in [0.1, 0.15) is 22.8 Å². The van der Waals surface area contributed by atoms with E-state index in [1.807, 2.05) is 6.92 Å². The zero-order valence-electron chi connectivity index (χ0n) is 11.5. The van der Waals surface area contributed by atoms with Gasteiger partial charge in [0.25, 0.3) is 11.6 Å². The Morgan fingerprint density at radius 3 is 2.80 bits per heavy atom. The lowest BCUT2D eigenvalue weighted by Crippen LogP contribution is -2.51. The van der Waals surface area contributed by atoms with Crippen LogP contribution in [0.2, 0.25) is 0 Å². The number of nitro benzene ring substituents is 1. The highest BCUT2D eigenvalue weighted by Gasteiger charge is 2.28. The number of nitrogens with one attached hydrogen (secondary N) is 1. The quantitative estimate of drug-likeness (QED) is 0.667.